The number of pyridine rings is 1. The van der Waals surface area contributed by atoms with Crippen LogP contribution in [0.3, 0.4) is 0 Å². The monoisotopic (exact) mass is 280 g/mol. The van der Waals surface area contributed by atoms with Crippen LogP contribution in [0.4, 0.5) is 5.82 Å². The van der Waals surface area contributed by atoms with E-state index in [4.69, 9.17) is 4.74 Å². The van der Waals surface area contributed by atoms with Gasteiger partial charge < -0.3 is 10.1 Å². The van der Waals surface area contributed by atoms with Crippen LogP contribution >= 0.6 is 11.8 Å². The predicted octanol–water partition coefficient (Wildman–Crippen LogP) is 3.96. The minimum absolute atomic E-state index is 0.544. The SMILES string of the molecule is CCCOc1cccnc1NC1CCC(SCC)C1. The molecule has 1 heterocycles. The van der Waals surface area contributed by atoms with Crippen molar-refractivity contribution in [2.45, 2.75) is 50.8 Å². The molecule has 0 radical (unpaired) electrons. The van der Waals surface area contributed by atoms with E-state index in [1.54, 1.807) is 0 Å². The van der Waals surface area contributed by atoms with E-state index in [-0.39, 0.29) is 0 Å². The lowest BCUT2D eigenvalue weighted by Crippen LogP contribution is -2.17. The molecule has 2 rings (SSSR count). The largest absolute Gasteiger partial charge is 0.490 e. The van der Waals surface area contributed by atoms with Gasteiger partial charge in [0.05, 0.1) is 6.61 Å². The Balaban J connectivity index is 1.92. The van der Waals surface area contributed by atoms with Gasteiger partial charge in [-0.3, -0.25) is 0 Å². The van der Waals surface area contributed by atoms with Crippen LogP contribution in [0.1, 0.15) is 39.5 Å². The number of anilines is 1. The summed E-state index contributed by atoms with van der Waals surface area (Å²) in [5.74, 6) is 3.00. The highest BCUT2D eigenvalue weighted by Crippen LogP contribution is 2.32. The van der Waals surface area contributed by atoms with Crippen LogP contribution in [0.2, 0.25) is 0 Å². The quantitative estimate of drug-likeness (QED) is 0.820. The molecule has 2 unspecified atom stereocenters. The molecular weight excluding hydrogens is 256 g/mol. The molecular formula is C15H24N2OS. The van der Waals surface area contributed by atoms with Crippen LogP contribution in [-0.2, 0) is 0 Å². The number of hydrogen-bond donors (Lipinski definition) is 1. The Morgan fingerprint density at radius 3 is 3.11 bits per heavy atom. The lowest BCUT2D eigenvalue weighted by Gasteiger charge is -2.16. The Bertz CT molecular complexity index is 386. The second-order valence-electron chi connectivity index (χ2n) is 4.93. The standard InChI is InChI=1S/C15H24N2OS/c1-3-10-18-14-6-5-9-16-15(14)17-12-7-8-13(11-12)19-4-2/h5-6,9,12-13H,3-4,7-8,10-11H2,1-2H3,(H,16,17). The Labute approximate surface area is 120 Å². The highest BCUT2D eigenvalue weighted by molar-refractivity contribution is 7.99. The van der Waals surface area contributed by atoms with Crippen molar-refractivity contribution < 1.29 is 4.74 Å². The van der Waals surface area contributed by atoms with E-state index in [1.807, 2.05) is 18.3 Å². The zero-order valence-corrected chi connectivity index (χ0v) is 12.7. The topological polar surface area (TPSA) is 34.1 Å². The number of rotatable bonds is 7. The Kier molecular flexibility index (Phi) is 5.83. The zero-order valence-electron chi connectivity index (χ0n) is 11.9. The molecule has 0 amide bonds. The first kappa shape index (κ1) is 14.5. The molecule has 1 saturated carbocycles. The first-order chi connectivity index (χ1) is 9.33. The third kappa shape index (κ3) is 4.30. The summed E-state index contributed by atoms with van der Waals surface area (Å²) in [5, 5.41) is 4.37. The van der Waals surface area contributed by atoms with Crippen LogP contribution in [0.5, 0.6) is 5.75 Å². The molecule has 106 valence electrons. The fraction of sp³-hybridized carbons (Fsp3) is 0.667. The molecule has 1 aromatic heterocycles. The van der Waals surface area contributed by atoms with E-state index >= 15 is 0 Å². The van der Waals surface area contributed by atoms with Crippen molar-refractivity contribution in [3.8, 4) is 5.75 Å². The van der Waals surface area contributed by atoms with Crippen LogP contribution in [0, 0.1) is 0 Å². The summed E-state index contributed by atoms with van der Waals surface area (Å²) in [7, 11) is 0. The van der Waals surface area contributed by atoms with Crippen LogP contribution in [0.15, 0.2) is 18.3 Å². The van der Waals surface area contributed by atoms with Crippen LogP contribution < -0.4 is 10.1 Å². The van der Waals surface area contributed by atoms with Gasteiger partial charge in [0.15, 0.2) is 11.6 Å². The van der Waals surface area contributed by atoms with Gasteiger partial charge in [0.2, 0.25) is 0 Å². The second kappa shape index (κ2) is 7.63. The normalized spacial score (nSPS) is 22.4. The summed E-state index contributed by atoms with van der Waals surface area (Å²) in [4.78, 5) is 4.42. The molecule has 1 aromatic rings. The summed E-state index contributed by atoms with van der Waals surface area (Å²) in [6, 6.07) is 4.47. The lowest BCUT2D eigenvalue weighted by atomic mass is 10.2. The lowest BCUT2D eigenvalue weighted by molar-refractivity contribution is 0.317. The number of nitrogens with one attached hydrogen (secondary N) is 1. The third-order valence-corrected chi connectivity index (χ3v) is 4.59. The zero-order chi connectivity index (χ0) is 13.5. The molecule has 0 aromatic carbocycles. The van der Waals surface area contributed by atoms with E-state index in [9.17, 15) is 0 Å². The Morgan fingerprint density at radius 1 is 1.42 bits per heavy atom. The van der Waals surface area contributed by atoms with Crippen LogP contribution in [0.25, 0.3) is 0 Å². The number of nitrogens with zero attached hydrogens (tertiary/aromatic N) is 1. The number of hydrogen-bond acceptors (Lipinski definition) is 4. The minimum Gasteiger partial charge on any atom is -0.490 e. The fourth-order valence-corrected chi connectivity index (χ4v) is 3.62. The average Bonchev–Trinajstić information content (AvgIpc) is 2.86. The van der Waals surface area contributed by atoms with E-state index in [1.165, 1.54) is 25.0 Å². The molecule has 2 atom stereocenters. The molecule has 1 fully saturated rings. The molecule has 19 heavy (non-hydrogen) atoms. The van der Waals surface area contributed by atoms with Gasteiger partial charge in [-0.15, -0.1) is 0 Å². The van der Waals surface area contributed by atoms with Gasteiger partial charge in [-0.25, -0.2) is 4.98 Å². The van der Waals surface area contributed by atoms with E-state index in [0.717, 1.165) is 29.8 Å². The average molecular weight is 280 g/mol. The maximum atomic E-state index is 5.74. The summed E-state index contributed by atoms with van der Waals surface area (Å²) < 4.78 is 5.74. The first-order valence-electron chi connectivity index (χ1n) is 7.29. The van der Waals surface area contributed by atoms with Crippen molar-refractivity contribution in [2.24, 2.45) is 0 Å². The maximum Gasteiger partial charge on any atom is 0.168 e. The molecule has 0 saturated heterocycles. The van der Waals surface area contributed by atoms with Crippen molar-refractivity contribution in [1.29, 1.82) is 0 Å². The first-order valence-corrected chi connectivity index (χ1v) is 8.34. The summed E-state index contributed by atoms with van der Waals surface area (Å²) in [6.07, 6.45) is 6.64. The molecule has 4 heteroatoms. The maximum absolute atomic E-state index is 5.74. The van der Waals surface area contributed by atoms with E-state index < -0.39 is 0 Å². The van der Waals surface area contributed by atoms with Gasteiger partial charge in [-0.1, -0.05) is 13.8 Å². The smallest absolute Gasteiger partial charge is 0.168 e. The summed E-state index contributed by atoms with van der Waals surface area (Å²) in [6.45, 7) is 5.10. The Hall–Kier alpha value is -0.900. The van der Waals surface area contributed by atoms with Gasteiger partial charge in [-0.05, 0) is 43.6 Å². The molecule has 0 spiro atoms. The molecule has 0 bridgehead atoms. The van der Waals surface area contributed by atoms with Gasteiger partial charge in [-0.2, -0.15) is 11.8 Å². The highest BCUT2D eigenvalue weighted by Gasteiger charge is 2.25. The van der Waals surface area contributed by atoms with Gasteiger partial charge in [0, 0.05) is 17.5 Å². The number of ether oxygens (including phenoxy) is 1. The van der Waals surface area contributed by atoms with E-state index in [2.05, 4.69) is 35.9 Å². The minimum atomic E-state index is 0.544. The van der Waals surface area contributed by atoms with Gasteiger partial charge >= 0.3 is 0 Å². The van der Waals surface area contributed by atoms with Crippen molar-refractivity contribution in [3.63, 3.8) is 0 Å². The van der Waals surface area contributed by atoms with Crippen molar-refractivity contribution in [2.75, 3.05) is 17.7 Å². The molecule has 1 N–H and O–H groups in total. The van der Waals surface area contributed by atoms with Gasteiger partial charge in [0.1, 0.15) is 0 Å². The summed E-state index contributed by atoms with van der Waals surface area (Å²) in [5.41, 5.74) is 0. The predicted molar refractivity (Wildman–Crippen MR) is 83.2 cm³/mol. The highest BCUT2D eigenvalue weighted by atomic mass is 32.2. The van der Waals surface area contributed by atoms with Gasteiger partial charge in [0.25, 0.3) is 0 Å². The van der Waals surface area contributed by atoms with Crippen molar-refractivity contribution >= 4 is 17.6 Å². The molecule has 1 aliphatic carbocycles. The fourth-order valence-electron chi connectivity index (χ4n) is 2.48. The summed E-state index contributed by atoms with van der Waals surface area (Å²) >= 11 is 2.08. The number of thioether (sulfide) groups is 1. The molecule has 0 aliphatic heterocycles. The number of aromatic nitrogens is 1. The van der Waals surface area contributed by atoms with Crippen molar-refractivity contribution in [1.82, 2.24) is 4.98 Å². The third-order valence-electron chi connectivity index (χ3n) is 3.36. The van der Waals surface area contributed by atoms with Crippen molar-refractivity contribution in [3.05, 3.63) is 18.3 Å². The molecule has 1 aliphatic rings. The second-order valence-corrected chi connectivity index (χ2v) is 6.51. The van der Waals surface area contributed by atoms with Crippen LogP contribution in [-0.4, -0.2) is 28.6 Å². The Morgan fingerprint density at radius 2 is 2.32 bits per heavy atom. The van der Waals surface area contributed by atoms with E-state index in [0.29, 0.717) is 6.04 Å². The molecule has 3 nitrogen and oxygen atoms in total.